The number of rotatable bonds is 7. The summed E-state index contributed by atoms with van der Waals surface area (Å²) in [7, 11) is -3.75. The van der Waals surface area contributed by atoms with Gasteiger partial charge in [0.2, 0.25) is 15.9 Å². The standard InChI is InChI=1S/C15H26N2O6S/c1-11-2-4-12(5-3-11)17-24(21,22)9-13(18)16-15(8-14(19)20)6-7-23-10-15/h11-12,17H,2-10H2,1H3,(H,16,18)(H,19,20). The Kier molecular flexibility index (Phi) is 6.22. The van der Waals surface area contributed by atoms with Gasteiger partial charge in [0.1, 0.15) is 5.75 Å². The summed E-state index contributed by atoms with van der Waals surface area (Å²) in [6, 6.07) is -0.123. The maximum absolute atomic E-state index is 12.2. The Morgan fingerprint density at radius 2 is 1.92 bits per heavy atom. The van der Waals surface area contributed by atoms with Crippen LogP contribution in [0.1, 0.15) is 45.4 Å². The third-order valence-electron chi connectivity index (χ3n) is 4.68. The SMILES string of the molecule is CC1CCC(NS(=O)(=O)CC(=O)NC2(CC(=O)O)CCOC2)CC1. The Hall–Kier alpha value is -1.19. The Morgan fingerprint density at radius 3 is 2.46 bits per heavy atom. The highest BCUT2D eigenvalue weighted by molar-refractivity contribution is 7.90. The van der Waals surface area contributed by atoms with Gasteiger partial charge in [-0.25, -0.2) is 13.1 Å². The molecule has 1 saturated carbocycles. The number of hydrogen-bond acceptors (Lipinski definition) is 5. The van der Waals surface area contributed by atoms with Crippen LogP contribution in [0.4, 0.5) is 0 Å². The maximum atomic E-state index is 12.2. The van der Waals surface area contributed by atoms with Gasteiger partial charge in [-0.15, -0.1) is 0 Å². The molecule has 1 unspecified atom stereocenters. The second-order valence-electron chi connectivity index (χ2n) is 7.04. The van der Waals surface area contributed by atoms with Crippen molar-refractivity contribution in [3.05, 3.63) is 0 Å². The first-order chi connectivity index (χ1) is 11.2. The van der Waals surface area contributed by atoms with Crippen LogP contribution in [0.15, 0.2) is 0 Å². The molecule has 138 valence electrons. The van der Waals surface area contributed by atoms with Crippen LogP contribution in [0, 0.1) is 5.92 Å². The number of ether oxygens (including phenoxy) is 1. The van der Waals surface area contributed by atoms with E-state index in [2.05, 4.69) is 17.0 Å². The van der Waals surface area contributed by atoms with Gasteiger partial charge in [-0.3, -0.25) is 9.59 Å². The van der Waals surface area contributed by atoms with Crippen molar-refractivity contribution in [2.24, 2.45) is 5.92 Å². The molecule has 0 spiro atoms. The summed E-state index contributed by atoms with van der Waals surface area (Å²) in [4.78, 5) is 23.1. The van der Waals surface area contributed by atoms with E-state index >= 15 is 0 Å². The van der Waals surface area contributed by atoms with Crippen molar-refractivity contribution >= 4 is 21.9 Å². The lowest BCUT2D eigenvalue weighted by molar-refractivity contribution is -0.139. The molecule has 0 radical (unpaired) electrons. The molecule has 3 N–H and O–H groups in total. The van der Waals surface area contributed by atoms with Crippen LogP contribution in [-0.4, -0.2) is 55.9 Å². The van der Waals surface area contributed by atoms with Gasteiger partial charge in [0.25, 0.3) is 0 Å². The fourth-order valence-corrected chi connectivity index (χ4v) is 4.60. The van der Waals surface area contributed by atoms with Gasteiger partial charge >= 0.3 is 5.97 Å². The first kappa shape index (κ1) is 19.1. The molecule has 24 heavy (non-hydrogen) atoms. The summed E-state index contributed by atoms with van der Waals surface area (Å²) < 4.78 is 32.1. The van der Waals surface area contributed by atoms with Gasteiger partial charge in [0, 0.05) is 12.6 Å². The van der Waals surface area contributed by atoms with Gasteiger partial charge in [0.15, 0.2) is 0 Å². The largest absolute Gasteiger partial charge is 0.481 e. The predicted octanol–water partition coefficient (Wildman–Crippen LogP) is 0.235. The predicted molar refractivity (Wildman–Crippen MR) is 86.9 cm³/mol. The number of sulfonamides is 1. The van der Waals surface area contributed by atoms with Crippen LogP contribution in [0.2, 0.25) is 0 Å². The first-order valence-electron chi connectivity index (χ1n) is 8.30. The molecule has 1 heterocycles. The van der Waals surface area contributed by atoms with E-state index in [0.717, 1.165) is 25.7 Å². The van der Waals surface area contributed by atoms with E-state index < -0.39 is 33.2 Å². The average molecular weight is 362 g/mol. The second kappa shape index (κ2) is 7.79. The van der Waals surface area contributed by atoms with Gasteiger partial charge in [0.05, 0.1) is 18.6 Å². The number of carboxylic acid groups (broad SMARTS) is 1. The maximum Gasteiger partial charge on any atom is 0.305 e. The zero-order valence-electron chi connectivity index (χ0n) is 13.9. The van der Waals surface area contributed by atoms with E-state index in [9.17, 15) is 18.0 Å². The van der Waals surface area contributed by atoms with E-state index in [1.807, 2.05) is 0 Å². The van der Waals surface area contributed by atoms with Crippen molar-refractivity contribution < 1.29 is 27.9 Å². The van der Waals surface area contributed by atoms with E-state index in [1.165, 1.54) is 0 Å². The highest BCUT2D eigenvalue weighted by Gasteiger charge is 2.39. The molecule has 0 aromatic heterocycles. The van der Waals surface area contributed by atoms with Crippen LogP contribution in [0.5, 0.6) is 0 Å². The van der Waals surface area contributed by atoms with Crippen molar-refractivity contribution in [3.8, 4) is 0 Å². The molecule has 1 saturated heterocycles. The minimum atomic E-state index is -3.75. The number of carbonyl (C=O) groups excluding carboxylic acids is 1. The Balaban J connectivity index is 1.89. The summed E-state index contributed by atoms with van der Waals surface area (Å²) >= 11 is 0. The van der Waals surface area contributed by atoms with Crippen molar-refractivity contribution in [2.75, 3.05) is 19.0 Å². The molecule has 0 aromatic rings. The molecule has 0 bridgehead atoms. The van der Waals surface area contributed by atoms with E-state index in [4.69, 9.17) is 9.84 Å². The minimum Gasteiger partial charge on any atom is -0.481 e. The van der Waals surface area contributed by atoms with Crippen molar-refractivity contribution in [1.29, 1.82) is 0 Å². The fourth-order valence-electron chi connectivity index (χ4n) is 3.36. The highest BCUT2D eigenvalue weighted by atomic mass is 32.2. The van der Waals surface area contributed by atoms with Crippen LogP contribution in [-0.2, 0) is 24.3 Å². The van der Waals surface area contributed by atoms with E-state index in [1.54, 1.807) is 0 Å². The molecule has 0 aromatic carbocycles. The average Bonchev–Trinajstić information content (AvgIpc) is 2.87. The molecule has 1 aliphatic carbocycles. The lowest BCUT2D eigenvalue weighted by atomic mass is 9.88. The summed E-state index contributed by atoms with van der Waals surface area (Å²) in [6.07, 6.45) is 3.57. The molecular weight excluding hydrogens is 336 g/mol. The molecule has 2 rings (SSSR count). The molecule has 2 fully saturated rings. The van der Waals surface area contributed by atoms with Crippen LogP contribution >= 0.6 is 0 Å². The number of aliphatic carboxylic acids is 1. The van der Waals surface area contributed by atoms with Gasteiger partial charge in [-0.05, 0) is 38.0 Å². The van der Waals surface area contributed by atoms with Gasteiger partial charge < -0.3 is 15.2 Å². The third kappa shape index (κ3) is 5.71. The van der Waals surface area contributed by atoms with Crippen LogP contribution in [0.25, 0.3) is 0 Å². The molecule has 2 aliphatic rings. The second-order valence-corrected chi connectivity index (χ2v) is 8.79. The molecule has 9 heteroatoms. The summed E-state index contributed by atoms with van der Waals surface area (Å²) in [6.45, 7) is 2.57. The zero-order chi connectivity index (χ0) is 17.8. The van der Waals surface area contributed by atoms with Gasteiger partial charge in [-0.1, -0.05) is 6.92 Å². The highest BCUT2D eigenvalue weighted by Crippen LogP contribution is 2.24. The third-order valence-corrected chi connectivity index (χ3v) is 6.02. The molecular formula is C15H26N2O6S. The lowest BCUT2D eigenvalue weighted by Crippen LogP contribution is -2.53. The number of carboxylic acids is 1. The molecule has 1 amide bonds. The summed E-state index contributed by atoms with van der Waals surface area (Å²) in [5.41, 5.74) is -1.02. The quantitative estimate of drug-likeness (QED) is 0.596. The van der Waals surface area contributed by atoms with E-state index in [-0.39, 0.29) is 19.1 Å². The lowest BCUT2D eigenvalue weighted by Gasteiger charge is -2.28. The monoisotopic (exact) mass is 362 g/mol. The smallest absolute Gasteiger partial charge is 0.305 e. The molecule has 1 aliphatic heterocycles. The Morgan fingerprint density at radius 1 is 1.25 bits per heavy atom. The Bertz CT molecular complexity index is 563. The zero-order valence-corrected chi connectivity index (χ0v) is 14.7. The number of hydrogen-bond donors (Lipinski definition) is 3. The van der Waals surface area contributed by atoms with Crippen LogP contribution < -0.4 is 10.0 Å². The van der Waals surface area contributed by atoms with Gasteiger partial charge in [-0.2, -0.15) is 0 Å². The molecule has 8 nitrogen and oxygen atoms in total. The fraction of sp³-hybridized carbons (Fsp3) is 0.867. The van der Waals surface area contributed by atoms with Crippen LogP contribution in [0.3, 0.4) is 0 Å². The Labute approximate surface area is 142 Å². The normalized spacial score (nSPS) is 30.9. The number of carbonyl (C=O) groups is 2. The van der Waals surface area contributed by atoms with Crippen molar-refractivity contribution in [1.82, 2.24) is 10.0 Å². The van der Waals surface area contributed by atoms with Crippen molar-refractivity contribution in [2.45, 2.75) is 57.0 Å². The number of nitrogens with one attached hydrogen (secondary N) is 2. The number of amides is 1. The topological polar surface area (TPSA) is 122 Å². The van der Waals surface area contributed by atoms with E-state index in [0.29, 0.717) is 18.9 Å². The minimum absolute atomic E-state index is 0.0824. The first-order valence-corrected chi connectivity index (χ1v) is 9.95. The summed E-state index contributed by atoms with van der Waals surface area (Å²) in [5.74, 6) is -1.84. The molecule has 1 atom stereocenters. The summed E-state index contributed by atoms with van der Waals surface area (Å²) in [5, 5.41) is 11.5. The van der Waals surface area contributed by atoms with Crippen molar-refractivity contribution in [3.63, 3.8) is 0 Å².